The summed E-state index contributed by atoms with van der Waals surface area (Å²) < 4.78 is 38.4. The van der Waals surface area contributed by atoms with E-state index in [9.17, 15) is 23.3 Å². The molecule has 0 aliphatic carbocycles. The van der Waals surface area contributed by atoms with E-state index < -0.39 is 22.4 Å². The highest BCUT2D eigenvalue weighted by Crippen LogP contribution is 2.35. The lowest BCUT2D eigenvalue weighted by molar-refractivity contribution is -0.385. The molecule has 1 aromatic carbocycles. The van der Waals surface area contributed by atoms with Crippen LogP contribution in [-0.2, 0) is 6.18 Å². The Bertz CT molecular complexity index is 522. The molecular weight excluding hydrogens is 271 g/mol. The lowest BCUT2D eigenvalue weighted by Crippen LogP contribution is -2.06. The Hall–Kier alpha value is -1.85. The third-order valence-corrected chi connectivity index (χ3v) is 2.80. The van der Waals surface area contributed by atoms with Crippen LogP contribution in [0, 0.1) is 10.1 Å². The van der Waals surface area contributed by atoms with E-state index in [4.69, 9.17) is 0 Å². The summed E-state index contributed by atoms with van der Waals surface area (Å²) in [6.07, 6.45) is -0.769. The minimum atomic E-state index is -4.59. The van der Waals surface area contributed by atoms with Crippen molar-refractivity contribution in [2.24, 2.45) is 0 Å². The van der Waals surface area contributed by atoms with Gasteiger partial charge in [-0.2, -0.15) is 13.2 Å². The Kier molecular flexibility index (Phi) is 5.30. The van der Waals surface area contributed by atoms with Gasteiger partial charge in [0, 0.05) is 12.1 Å². The van der Waals surface area contributed by atoms with Gasteiger partial charge in [-0.3, -0.25) is 10.1 Å². The van der Waals surface area contributed by atoms with E-state index in [0.717, 1.165) is 12.5 Å². The van der Waals surface area contributed by atoms with Crippen LogP contribution in [0.25, 0.3) is 5.57 Å². The Morgan fingerprint density at radius 2 is 1.95 bits per heavy atom. The van der Waals surface area contributed by atoms with Gasteiger partial charge in [0.15, 0.2) is 0 Å². The Labute approximate surface area is 115 Å². The SMILES string of the molecule is CC/C=C(\CCC)c1cc([N+](=O)[O-])cc(C(F)(F)F)c1. The fourth-order valence-corrected chi connectivity index (χ4v) is 1.95. The summed E-state index contributed by atoms with van der Waals surface area (Å²) in [6, 6.07) is 2.75. The summed E-state index contributed by atoms with van der Waals surface area (Å²) in [5.41, 5.74) is -0.535. The summed E-state index contributed by atoms with van der Waals surface area (Å²) in [6.45, 7) is 3.78. The van der Waals surface area contributed by atoms with Gasteiger partial charge in [-0.15, -0.1) is 0 Å². The molecule has 0 radical (unpaired) electrons. The zero-order chi connectivity index (χ0) is 15.3. The molecule has 0 heterocycles. The van der Waals surface area contributed by atoms with Gasteiger partial charge in [0.2, 0.25) is 0 Å². The summed E-state index contributed by atoms with van der Waals surface area (Å²) in [5, 5.41) is 10.8. The van der Waals surface area contributed by atoms with Crippen LogP contribution in [0.1, 0.15) is 44.2 Å². The molecule has 1 aromatic rings. The Morgan fingerprint density at radius 1 is 1.30 bits per heavy atom. The minimum Gasteiger partial charge on any atom is -0.258 e. The van der Waals surface area contributed by atoms with Gasteiger partial charge in [-0.05, 0) is 30.0 Å². The molecule has 3 nitrogen and oxygen atoms in total. The van der Waals surface area contributed by atoms with Crippen molar-refractivity contribution in [3.05, 3.63) is 45.5 Å². The monoisotopic (exact) mass is 287 g/mol. The van der Waals surface area contributed by atoms with Crippen molar-refractivity contribution >= 4 is 11.3 Å². The second-order valence-corrected chi connectivity index (χ2v) is 4.41. The first kappa shape index (κ1) is 16.2. The lowest BCUT2D eigenvalue weighted by Gasteiger charge is -2.11. The molecule has 0 amide bonds. The zero-order valence-electron chi connectivity index (χ0n) is 11.3. The van der Waals surface area contributed by atoms with E-state index in [0.29, 0.717) is 24.5 Å². The number of halogens is 3. The maximum Gasteiger partial charge on any atom is 0.416 e. The number of nitrogens with zero attached hydrogens (tertiary/aromatic N) is 1. The Morgan fingerprint density at radius 3 is 2.40 bits per heavy atom. The summed E-state index contributed by atoms with van der Waals surface area (Å²) in [4.78, 5) is 9.99. The summed E-state index contributed by atoms with van der Waals surface area (Å²) in [5.74, 6) is 0. The number of hydrogen-bond acceptors (Lipinski definition) is 2. The normalized spacial score (nSPS) is 12.6. The minimum absolute atomic E-state index is 0.273. The number of rotatable bonds is 5. The van der Waals surface area contributed by atoms with E-state index in [1.807, 2.05) is 19.9 Å². The first-order valence-electron chi connectivity index (χ1n) is 6.35. The molecule has 0 aliphatic rings. The number of non-ortho nitro benzene ring substituents is 1. The summed E-state index contributed by atoms with van der Waals surface area (Å²) in [7, 11) is 0. The molecule has 0 aliphatic heterocycles. The molecule has 0 bridgehead atoms. The van der Waals surface area contributed by atoms with Crippen LogP contribution >= 0.6 is 0 Å². The number of nitro benzene ring substituents is 1. The number of hydrogen-bond donors (Lipinski definition) is 0. The molecule has 1 rings (SSSR count). The van der Waals surface area contributed by atoms with Crippen molar-refractivity contribution in [1.82, 2.24) is 0 Å². The molecule has 0 aromatic heterocycles. The standard InChI is InChI=1S/C14H16F3NO2/c1-3-5-10(6-4-2)11-7-12(14(15,16)17)9-13(8-11)18(19)20/h5,7-9H,3-4,6H2,1-2H3/b10-5+. The number of alkyl halides is 3. The van der Waals surface area contributed by atoms with Crippen LogP contribution in [0.3, 0.4) is 0 Å². The number of nitro groups is 1. The van der Waals surface area contributed by atoms with Crippen LogP contribution in [0.15, 0.2) is 24.3 Å². The Balaban J connectivity index is 3.41. The smallest absolute Gasteiger partial charge is 0.258 e. The molecule has 0 N–H and O–H groups in total. The molecule has 0 fully saturated rings. The molecule has 0 spiro atoms. The van der Waals surface area contributed by atoms with Crippen LogP contribution in [0.2, 0.25) is 0 Å². The summed E-state index contributed by atoms with van der Waals surface area (Å²) >= 11 is 0. The van der Waals surface area contributed by atoms with Crippen molar-refractivity contribution in [2.45, 2.75) is 39.3 Å². The van der Waals surface area contributed by atoms with E-state index in [1.165, 1.54) is 6.07 Å². The second-order valence-electron chi connectivity index (χ2n) is 4.41. The van der Waals surface area contributed by atoms with Gasteiger partial charge in [0.1, 0.15) is 0 Å². The second kappa shape index (κ2) is 6.54. The quantitative estimate of drug-likeness (QED) is 0.551. The van der Waals surface area contributed by atoms with Crippen LogP contribution in [-0.4, -0.2) is 4.92 Å². The number of benzene rings is 1. The van der Waals surface area contributed by atoms with Crippen molar-refractivity contribution in [3.63, 3.8) is 0 Å². The van der Waals surface area contributed by atoms with E-state index in [2.05, 4.69) is 0 Å². The highest BCUT2D eigenvalue weighted by molar-refractivity contribution is 5.68. The van der Waals surface area contributed by atoms with Gasteiger partial charge < -0.3 is 0 Å². The van der Waals surface area contributed by atoms with Gasteiger partial charge in [0.05, 0.1) is 10.5 Å². The van der Waals surface area contributed by atoms with Crippen molar-refractivity contribution in [3.8, 4) is 0 Å². The topological polar surface area (TPSA) is 43.1 Å². The van der Waals surface area contributed by atoms with Crippen molar-refractivity contribution < 1.29 is 18.1 Å². The zero-order valence-corrected chi connectivity index (χ0v) is 11.3. The molecule has 20 heavy (non-hydrogen) atoms. The average Bonchev–Trinajstić information content (AvgIpc) is 2.37. The first-order chi connectivity index (χ1) is 9.29. The van der Waals surface area contributed by atoms with Crippen LogP contribution in [0.5, 0.6) is 0 Å². The molecule has 0 saturated heterocycles. The van der Waals surface area contributed by atoms with E-state index in [1.54, 1.807) is 0 Å². The van der Waals surface area contributed by atoms with E-state index in [-0.39, 0.29) is 5.56 Å². The van der Waals surface area contributed by atoms with Crippen molar-refractivity contribution in [2.75, 3.05) is 0 Å². The van der Waals surface area contributed by atoms with Crippen LogP contribution in [0.4, 0.5) is 18.9 Å². The van der Waals surface area contributed by atoms with Gasteiger partial charge in [0.25, 0.3) is 5.69 Å². The molecule has 110 valence electrons. The van der Waals surface area contributed by atoms with Gasteiger partial charge in [-0.25, -0.2) is 0 Å². The predicted octanol–water partition coefficient (Wildman–Crippen LogP) is 5.21. The fraction of sp³-hybridized carbons (Fsp3) is 0.429. The highest BCUT2D eigenvalue weighted by atomic mass is 19.4. The third kappa shape index (κ3) is 4.08. The predicted molar refractivity (Wildman–Crippen MR) is 71.3 cm³/mol. The van der Waals surface area contributed by atoms with E-state index >= 15 is 0 Å². The molecule has 6 heteroatoms. The maximum absolute atomic E-state index is 12.8. The molecule has 0 saturated carbocycles. The third-order valence-electron chi connectivity index (χ3n) is 2.80. The van der Waals surface area contributed by atoms with Gasteiger partial charge >= 0.3 is 6.18 Å². The van der Waals surface area contributed by atoms with Crippen molar-refractivity contribution in [1.29, 1.82) is 0 Å². The average molecular weight is 287 g/mol. The largest absolute Gasteiger partial charge is 0.416 e. The lowest BCUT2D eigenvalue weighted by atomic mass is 9.97. The maximum atomic E-state index is 12.8. The highest BCUT2D eigenvalue weighted by Gasteiger charge is 2.33. The first-order valence-corrected chi connectivity index (χ1v) is 6.35. The fourth-order valence-electron chi connectivity index (χ4n) is 1.95. The number of allylic oxidation sites excluding steroid dienone is 2. The van der Waals surface area contributed by atoms with Gasteiger partial charge in [-0.1, -0.05) is 26.3 Å². The molecular formula is C14H16F3NO2. The van der Waals surface area contributed by atoms with Crippen LogP contribution < -0.4 is 0 Å². The molecule has 0 unspecified atom stereocenters. The molecule has 0 atom stereocenters.